The number of aromatic nitrogens is 1. The summed E-state index contributed by atoms with van der Waals surface area (Å²) in [4.78, 5) is 2.37. The van der Waals surface area contributed by atoms with Crippen molar-refractivity contribution >= 4 is 22.4 Å². The topological polar surface area (TPSA) is 51.4 Å². The van der Waals surface area contributed by atoms with Gasteiger partial charge in [-0.05, 0) is 31.3 Å². The predicted octanol–water partition coefficient (Wildman–Crippen LogP) is 2.50. The Kier molecular flexibility index (Phi) is 3.88. The van der Waals surface area contributed by atoms with Gasteiger partial charge in [-0.2, -0.15) is 4.37 Å². The summed E-state index contributed by atoms with van der Waals surface area (Å²) in [7, 11) is 0. The van der Waals surface area contributed by atoms with Gasteiger partial charge >= 0.3 is 0 Å². The first-order chi connectivity index (χ1) is 7.83. The summed E-state index contributed by atoms with van der Waals surface area (Å²) in [6, 6.07) is 0. The second-order valence-electron chi connectivity index (χ2n) is 4.04. The zero-order chi connectivity index (χ0) is 11.4. The lowest BCUT2D eigenvalue weighted by Gasteiger charge is -2.21. The molecule has 16 heavy (non-hydrogen) atoms. The molecule has 1 aliphatic rings. The number of ether oxygens (including phenoxy) is 1. The van der Waals surface area contributed by atoms with Gasteiger partial charge in [-0.25, -0.2) is 0 Å². The van der Waals surface area contributed by atoms with Gasteiger partial charge in [-0.15, -0.1) is 0 Å². The molecular formula is C11H19N3OS. The van der Waals surface area contributed by atoms with Crippen molar-refractivity contribution < 1.29 is 4.74 Å². The molecular weight excluding hydrogens is 222 g/mol. The van der Waals surface area contributed by atoms with E-state index in [9.17, 15) is 0 Å². The largest absolute Gasteiger partial charge is 0.487 e. The van der Waals surface area contributed by atoms with Gasteiger partial charge in [0.2, 0.25) is 0 Å². The van der Waals surface area contributed by atoms with Crippen LogP contribution >= 0.6 is 11.5 Å². The zero-order valence-electron chi connectivity index (χ0n) is 9.74. The molecule has 0 unspecified atom stereocenters. The molecule has 0 spiro atoms. The molecule has 0 atom stereocenters. The van der Waals surface area contributed by atoms with Crippen LogP contribution in [0.1, 0.15) is 32.6 Å². The monoisotopic (exact) mass is 241 g/mol. The molecule has 0 saturated carbocycles. The smallest absolute Gasteiger partial charge is 0.197 e. The minimum Gasteiger partial charge on any atom is -0.487 e. The van der Waals surface area contributed by atoms with Crippen molar-refractivity contribution in [3.8, 4) is 5.75 Å². The van der Waals surface area contributed by atoms with E-state index in [0.717, 1.165) is 23.8 Å². The number of hydrogen-bond donors (Lipinski definition) is 1. The third-order valence-electron chi connectivity index (χ3n) is 2.84. The standard InChI is InChI=1S/C11H19N3OS/c1-2-15-9-10(12)13-16-11(9)14-7-5-3-4-6-8-14/h2-8H2,1H3,(H2,12,13). The van der Waals surface area contributed by atoms with E-state index in [0.29, 0.717) is 12.4 Å². The summed E-state index contributed by atoms with van der Waals surface area (Å²) >= 11 is 1.46. The lowest BCUT2D eigenvalue weighted by Crippen LogP contribution is -2.23. The van der Waals surface area contributed by atoms with Crippen molar-refractivity contribution in [2.24, 2.45) is 0 Å². The number of rotatable bonds is 3. The van der Waals surface area contributed by atoms with Crippen LogP contribution in [0.15, 0.2) is 0 Å². The molecule has 1 saturated heterocycles. The van der Waals surface area contributed by atoms with E-state index in [1.54, 1.807) is 0 Å². The first-order valence-corrected chi connectivity index (χ1v) is 6.73. The predicted molar refractivity (Wildman–Crippen MR) is 68.4 cm³/mol. The quantitative estimate of drug-likeness (QED) is 0.883. The van der Waals surface area contributed by atoms with E-state index in [2.05, 4.69) is 9.27 Å². The molecule has 1 fully saturated rings. The van der Waals surface area contributed by atoms with Crippen LogP contribution < -0.4 is 15.4 Å². The van der Waals surface area contributed by atoms with Gasteiger partial charge in [0.05, 0.1) is 6.61 Å². The number of nitrogens with two attached hydrogens (primary N) is 1. The average molecular weight is 241 g/mol. The van der Waals surface area contributed by atoms with Crippen molar-refractivity contribution in [3.63, 3.8) is 0 Å². The van der Waals surface area contributed by atoms with Gasteiger partial charge in [0, 0.05) is 13.1 Å². The molecule has 4 nitrogen and oxygen atoms in total. The lowest BCUT2D eigenvalue weighted by molar-refractivity contribution is 0.343. The third-order valence-corrected chi connectivity index (χ3v) is 3.74. The van der Waals surface area contributed by atoms with E-state index in [1.807, 2.05) is 6.92 Å². The van der Waals surface area contributed by atoms with Crippen LogP contribution in [0.4, 0.5) is 10.8 Å². The van der Waals surface area contributed by atoms with Gasteiger partial charge in [-0.1, -0.05) is 12.8 Å². The molecule has 90 valence electrons. The average Bonchev–Trinajstić information content (AvgIpc) is 2.55. The first kappa shape index (κ1) is 11.5. The third kappa shape index (κ3) is 2.40. The SMILES string of the molecule is CCOc1c(N)nsc1N1CCCCCC1. The molecule has 2 rings (SSSR count). The first-order valence-electron chi connectivity index (χ1n) is 5.95. The highest BCUT2D eigenvalue weighted by Crippen LogP contribution is 2.39. The van der Waals surface area contributed by atoms with Crippen LogP contribution in [0, 0.1) is 0 Å². The molecule has 2 heterocycles. The normalized spacial score (nSPS) is 17.2. The molecule has 2 N–H and O–H groups in total. The summed E-state index contributed by atoms with van der Waals surface area (Å²) in [6.45, 7) is 4.82. The summed E-state index contributed by atoms with van der Waals surface area (Å²) in [6.07, 6.45) is 5.16. The van der Waals surface area contributed by atoms with Gasteiger partial charge in [-0.3, -0.25) is 0 Å². The summed E-state index contributed by atoms with van der Waals surface area (Å²) in [5, 5.41) is 1.11. The molecule has 1 aromatic heterocycles. The van der Waals surface area contributed by atoms with Crippen LogP contribution in [0.3, 0.4) is 0 Å². The zero-order valence-corrected chi connectivity index (χ0v) is 10.6. The van der Waals surface area contributed by atoms with Gasteiger partial charge in [0.25, 0.3) is 0 Å². The number of nitrogens with zero attached hydrogens (tertiary/aromatic N) is 2. The fourth-order valence-electron chi connectivity index (χ4n) is 2.04. The minimum atomic E-state index is 0.533. The Labute approximate surface area is 101 Å². The van der Waals surface area contributed by atoms with Crippen LogP contribution in [-0.2, 0) is 0 Å². The molecule has 1 aromatic rings. The van der Waals surface area contributed by atoms with E-state index >= 15 is 0 Å². The highest BCUT2D eigenvalue weighted by atomic mass is 32.1. The molecule has 1 aliphatic heterocycles. The Bertz CT molecular complexity index is 332. The lowest BCUT2D eigenvalue weighted by atomic mass is 10.2. The summed E-state index contributed by atoms with van der Waals surface area (Å²) < 4.78 is 9.78. The van der Waals surface area contributed by atoms with Crippen molar-refractivity contribution in [1.82, 2.24) is 4.37 Å². The van der Waals surface area contributed by atoms with Crippen molar-refractivity contribution in [2.45, 2.75) is 32.6 Å². The molecule has 0 amide bonds. The van der Waals surface area contributed by atoms with Crippen molar-refractivity contribution in [2.75, 3.05) is 30.3 Å². The van der Waals surface area contributed by atoms with Gasteiger partial charge in [0.1, 0.15) is 0 Å². The van der Waals surface area contributed by atoms with Crippen LogP contribution in [0.2, 0.25) is 0 Å². The van der Waals surface area contributed by atoms with Crippen LogP contribution in [0.25, 0.3) is 0 Å². The maximum Gasteiger partial charge on any atom is 0.197 e. The van der Waals surface area contributed by atoms with Gasteiger partial charge < -0.3 is 15.4 Å². The second-order valence-corrected chi connectivity index (χ2v) is 4.79. The number of hydrogen-bond acceptors (Lipinski definition) is 5. The minimum absolute atomic E-state index is 0.533. The second kappa shape index (κ2) is 5.39. The number of anilines is 2. The molecule has 0 bridgehead atoms. The Morgan fingerprint density at radius 2 is 2.00 bits per heavy atom. The molecule has 0 aromatic carbocycles. The number of nitrogen functional groups attached to an aromatic ring is 1. The highest BCUT2D eigenvalue weighted by molar-refractivity contribution is 7.11. The van der Waals surface area contributed by atoms with Crippen molar-refractivity contribution in [1.29, 1.82) is 0 Å². The maximum atomic E-state index is 5.82. The molecule has 0 aliphatic carbocycles. The summed E-state index contributed by atoms with van der Waals surface area (Å²) in [5.41, 5.74) is 5.82. The Morgan fingerprint density at radius 3 is 2.62 bits per heavy atom. The Morgan fingerprint density at radius 1 is 1.31 bits per heavy atom. The maximum absolute atomic E-state index is 5.82. The van der Waals surface area contributed by atoms with Gasteiger partial charge in [0.15, 0.2) is 16.6 Å². The van der Waals surface area contributed by atoms with Crippen molar-refractivity contribution in [3.05, 3.63) is 0 Å². The molecule has 0 radical (unpaired) electrons. The van der Waals surface area contributed by atoms with E-state index < -0.39 is 0 Å². The van der Waals surface area contributed by atoms with E-state index in [1.165, 1.54) is 37.2 Å². The Hall–Kier alpha value is -0.970. The van der Waals surface area contributed by atoms with E-state index in [4.69, 9.17) is 10.5 Å². The Balaban J connectivity index is 2.17. The summed E-state index contributed by atoms with van der Waals surface area (Å²) in [5.74, 6) is 1.32. The van der Waals surface area contributed by atoms with Crippen LogP contribution in [-0.4, -0.2) is 24.1 Å². The van der Waals surface area contributed by atoms with E-state index in [-0.39, 0.29) is 0 Å². The molecule has 5 heteroatoms. The fraction of sp³-hybridized carbons (Fsp3) is 0.727. The highest BCUT2D eigenvalue weighted by Gasteiger charge is 2.19. The fourth-order valence-corrected chi connectivity index (χ4v) is 2.85. The van der Waals surface area contributed by atoms with Crippen LogP contribution in [0.5, 0.6) is 5.75 Å².